The second kappa shape index (κ2) is 62.4. The molecule has 75 heavy (non-hydrogen) atoms. The van der Waals surface area contributed by atoms with Crippen LogP contribution in [0.4, 0.5) is 0 Å². The molecule has 0 rings (SSSR count). The van der Waals surface area contributed by atoms with E-state index < -0.39 is 6.10 Å². The highest BCUT2D eigenvalue weighted by atomic mass is 16.6. The highest BCUT2D eigenvalue weighted by Crippen LogP contribution is 2.15. The number of hydrogen-bond acceptors (Lipinski definition) is 6. The Balaban J connectivity index is 4.29. The maximum Gasteiger partial charge on any atom is 0.306 e. The summed E-state index contributed by atoms with van der Waals surface area (Å²) in [6.45, 7) is 6.34. The van der Waals surface area contributed by atoms with Crippen molar-refractivity contribution < 1.29 is 28.6 Å². The van der Waals surface area contributed by atoms with Gasteiger partial charge in [-0.05, 0) is 116 Å². The molecule has 6 heteroatoms. The van der Waals surface area contributed by atoms with Crippen LogP contribution >= 0.6 is 0 Å². The summed E-state index contributed by atoms with van der Waals surface area (Å²) in [4.78, 5) is 38.2. The molecule has 0 saturated carbocycles. The minimum Gasteiger partial charge on any atom is -0.462 e. The highest BCUT2D eigenvalue weighted by Gasteiger charge is 2.19. The van der Waals surface area contributed by atoms with Crippen molar-refractivity contribution in [1.82, 2.24) is 0 Å². The molecule has 1 unspecified atom stereocenters. The van der Waals surface area contributed by atoms with Crippen LogP contribution in [0.5, 0.6) is 0 Å². The highest BCUT2D eigenvalue weighted by molar-refractivity contribution is 5.71. The van der Waals surface area contributed by atoms with Crippen molar-refractivity contribution in [1.29, 1.82) is 0 Å². The SMILES string of the molecule is CC/C=C\C/C=C\C/C=C\C/C=C\C/C=C\CCCCCCCCCCCCCCCC(=O)OCC(COC(=O)CC/C=C\C/C=C\C/C=C\C/C=C\CC)OC(=O)CCCCCCC/C=C\CCCCCCCC. The standard InChI is InChI=1S/C69H114O6/c1-4-7-10-13-16-19-22-25-27-28-29-30-31-32-33-34-35-36-37-38-39-40-42-44-47-50-53-56-59-62-68(71)74-65-66(64-73-67(70)61-58-55-52-49-46-43-24-21-18-15-12-9-6-3)75-69(72)63-60-57-54-51-48-45-41-26-23-20-17-14-11-8-5-2/h7,9-10,12,16,18-19,21,25-27,29-30,32-33,41,43,46,52,55,66H,4-6,8,11,13-15,17,20,22-24,28,31,34-40,42,44-45,47-51,53-54,56-65H2,1-3H3/b10-7-,12-9-,19-16-,21-18-,27-25-,30-29-,33-32-,41-26-,46-43-,55-52-. The van der Waals surface area contributed by atoms with Crippen LogP contribution < -0.4 is 0 Å². The van der Waals surface area contributed by atoms with E-state index in [2.05, 4.69) is 136 Å². The number of rotatable bonds is 55. The molecule has 0 saturated heterocycles. The van der Waals surface area contributed by atoms with Gasteiger partial charge in [0.05, 0.1) is 0 Å². The molecule has 0 aliphatic carbocycles. The van der Waals surface area contributed by atoms with Crippen molar-refractivity contribution in [3.63, 3.8) is 0 Å². The normalized spacial score (nSPS) is 12.9. The lowest BCUT2D eigenvalue weighted by Gasteiger charge is -2.18. The van der Waals surface area contributed by atoms with Gasteiger partial charge in [-0.3, -0.25) is 14.4 Å². The average molecular weight is 1040 g/mol. The summed E-state index contributed by atoms with van der Waals surface area (Å²) in [5, 5.41) is 0. The second-order valence-electron chi connectivity index (χ2n) is 20.2. The van der Waals surface area contributed by atoms with E-state index in [1.54, 1.807) is 0 Å². The maximum atomic E-state index is 12.9. The third kappa shape index (κ3) is 60.6. The molecule has 0 aliphatic heterocycles. The van der Waals surface area contributed by atoms with Crippen LogP contribution in [0.1, 0.15) is 278 Å². The zero-order chi connectivity index (χ0) is 54.3. The number of hydrogen-bond donors (Lipinski definition) is 0. The Labute approximate surface area is 462 Å². The fourth-order valence-electron chi connectivity index (χ4n) is 8.36. The van der Waals surface area contributed by atoms with Gasteiger partial charge in [0.15, 0.2) is 6.10 Å². The molecule has 0 heterocycles. The van der Waals surface area contributed by atoms with Crippen molar-refractivity contribution in [3.8, 4) is 0 Å². The van der Waals surface area contributed by atoms with Crippen LogP contribution in [-0.4, -0.2) is 37.2 Å². The molecular weight excluding hydrogens is 925 g/mol. The summed E-state index contributed by atoms with van der Waals surface area (Å²) in [6, 6.07) is 0. The van der Waals surface area contributed by atoms with Crippen molar-refractivity contribution in [2.75, 3.05) is 13.2 Å². The number of unbranched alkanes of at least 4 members (excludes halogenated alkanes) is 24. The lowest BCUT2D eigenvalue weighted by molar-refractivity contribution is -0.166. The second-order valence-corrected chi connectivity index (χ2v) is 20.2. The summed E-state index contributed by atoms with van der Waals surface area (Å²) in [5.41, 5.74) is 0. The van der Waals surface area contributed by atoms with Crippen LogP contribution in [-0.2, 0) is 28.6 Å². The lowest BCUT2D eigenvalue weighted by atomic mass is 10.0. The van der Waals surface area contributed by atoms with Crippen LogP contribution in [0.25, 0.3) is 0 Å². The number of allylic oxidation sites excluding steroid dienone is 20. The summed E-state index contributed by atoms with van der Waals surface area (Å²) in [6.07, 6.45) is 86.5. The van der Waals surface area contributed by atoms with Crippen molar-refractivity contribution in [3.05, 3.63) is 122 Å². The molecule has 1 atom stereocenters. The Bertz CT molecular complexity index is 1570. The third-order valence-electron chi connectivity index (χ3n) is 12.9. The van der Waals surface area contributed by atoms with Gasteiger partial charge in [0, 0.05) is 19.3 Å². The molecule has 0 fully saturated rings. The molecule has 0 amide bonds. The van der Waals surface area contributed by atoms with Gasteiger partial charge in [0.2, 0.25) is 0 Å². The Morgan fingerprint density at radius 3 is 0.907 bits per heavy atom. The molecule has 0 spiro atoms. The molecule has 0 bridgehead atoms. The molecule has 0 aliphatic rings. The Morgan fingerprint density at radius 1 is 0.280 bits per heavy atom. The molecule has 6 nitrogen and oxygen atoms in total. The van der Waals surface area contributed by atoms with E-state index in [4.69, 9.17) is 14.2 Å². The number of ether oxygens (including phenoxy) is 3. The Morgan fingerprint density at radius 2 is 0.547 bits per heavy atom. The summed E-state index contributed by atoms with van der Waals surface area (Å²) < 4.78 is 16.8. The van der Waals surface area contributed by atoms with E-state index in [0.29, 0.717) is 19.3 Å². The van der Waals surface area contributed by atoms with E-state index >= 15 is 0 Å². The van der Waals surface area contributed by atoms with E-state index in [1.807, 2.05) is 6.08 Å². The Hall–Kier alpha value is -4.19. The van der Waals surface area contributed by atoms with Gasteiger partial charge >= 0.3 is 17.9 Å². The topological polar surface area (TPSA) is 78.9 Å². The Kier molecular flexibility index (Phi) is 58.9. The smallest absolute Gasteiger partial charge is 0.306 e. The van der Waals surface area contributed by atoms with Gasteiger partial charge < -0.3 is 14.2 Å². The van der Waals surface area contributed by atoms with E-state index in [0.717, 1.165) is 109 Å². The van der Waals surface area contributed by atoms with Gasteiger partial charge in [-0.2, -0.15) is 0 Å². The maximum absolute atomic E-state index is 12.9. The first-order valence-electron chi connectivity index (χ1n) is 31.0. The van der Waals surface area contributed by atoms with Crippen LogP contribution in [0.15, 0.2) is 122 Å². The first-order chi connectivity index (χ1) is 37.0. The predicted octanol–water partition coefficient (Wildman–Crippen LogP) is 21.2. The first kappa shape index (κ1) is 70.8. The van der Waals surface area contributed by atoms with Crippen molar-refractivity contribution in [2.24, 2.45) is 0 Å². The molecule has 0 N–H and O–H groups in total. The fourth-order valence-corrected chi connectivity index (χ4v) is 8.36. The zero-order valence-electron chi connectivity index (χ0n) is 48.8. The molecule has 0 aromatic heterocycles. The fraction of sp³-hybridized carbons (Fsp3) is 0.667. The quantitative estimate of drug-likeness (QED) is 0.0261. The van der Waals surface area contributed by atoms with Gasteiger partial charge in [-0.15, -0.1) is 0 Å². The number of esters is 3. The molecule has 0 aromatic rings. The van der Waals surface area contributed by atoms with E-state index in [1.165, 1.54) is 122 Å². The van der Waals surface area contributed by atoms with E-state index in [9.17, 15) is 14.4 Å². The minimum absolute atomic E-state index is 0.105. The molecule has 0 radical (unpaired) electrons. The minimum atomic E-state index is -0.814. The number of carbonyl (C=O) groups is 3. The summed E-state index contributed by atoms with van der Waals surface area (Å²) in [5.74, 6) is -0.997. The van der Waals surface area contributed by atoms with Crippen LogP contribution in [0.2, 0.25) is 0 Å². The first-order valence-corrected chi connectivity index (χ1v) is 31.0. The van der Waals surface area contributed by atoms with Gasteiger partial charge in [-0.25, -0.2) is 0 Å². The van der Waals surface area contributed by atoms with Crippen molar-refractivity contribution in [2.45, 2.75) is 284 Å². The zero-order valence-corrected chi connectivity index (χ0v) is 48.8. The monoisotopic (exact) mass is 1040 g/mol. The lowest BCUT2D eigenvalue weighted by Crippen LogP contribution is -2.30. The average Bonchev–Trinajstić information content (AvgIpc) is 3.41. The largest absolute Gasteiger partial charge is 0.462 e. The van der Waals surface area contributed by atoms with E-state index in [-0.39, 0.29) is 37.5 Å². The predicted molar refractivity (Wildman–Crippen MR) is 325 cm³/mol. The van der Waals surface area contributed by atoms with Gasteiger partial charge in [0.1, 0.15) is 13.2 Å². The molecule has 426 valence electrons. The van der Waals surface area contributed by atoms with Crippen molar-refractivity contribution >= 4 is 17.9 Å². The van der Waals surface area contributed by atoms with Gasteiger partial charge in [0.25, 0.3) is 0 Å². The van der Waals surface area contributed by atoms with Crippen LogP contribution in [0.3, 0.4) is 0 Å². The molecule has 0 aromatic carbocycles. The molecular formula is C69H114O6. The third-order valence-corrected chi connectivity index (χ3v) is 12.9. The van der Waals surface area contributed by atoms with Crippen LogP contribution in [0, 0.1) is 0 Å². The van der Waals surface area contributed by atoms with Gasteiger partial charge in [-0.1, -0.05) is 264 Å². The summed E-state index contributed by atoms with van der Waals surface area (Å²) >= 11 is 0. The number of carbonyl (C=O) groups excluding carboxylic acids is 3. The summed E-state index contributed by atoms with van der Waals surface area (Å²) in [7, 11) is 0.